The van der Waals surface area contributed by atoms with E-state index in [9.17, 15) is 13.2 Å². The van der Waals surface area contributed by atoms with E-state index in [1.165, 1.54) is 22.9 Å². The number of nitrogens with one attached hydrogen (secondary N) is 1. The van der Waals surface area contributed by atoms with Crippen LogP contribution in [0.3, 0.4) is 0 Å². The fraction of sp³-hybridized carbons (Fsp3) is 0.458. The molecule has 1 N–H and O–H groups in total. The van der Waals surface area contributed by atoms with Crippen molar-refractivity contribution in [3.8, 4) is 0 Å². The van der Waals surface area contributed by atoms with Gasteiger partial charge in [-0.15, -0.1) is 11.8 Å². The van der Waals surface area contributed by atoms with Gasteiger partial charge in [-0.2, -0.15) is 0 Å². The fourth-order valence-electron chi connectivity index (χ4n) is 4.52. The summed E-state index contributed by atoms with van der Waals surface area (Å²) in [5, 5.41) is 0. The van der Waals surface area contributed by atoms with Gasteiger partial charge >= 0.3 is 0 Å². The number of fused-ring (bicyclic) bond motifs is 1. The Kier molecular flexibility index (Phi) is 6.74. The maximum Gasteiger partial charge on any atom is 0.255 e. The van der Waals surface area contributed by atoms with Crippen molar-refractivity contribution in [3.05, 3.63) is 58.7 Å². The van der Waals surface area contributed by atoms with Gasteiger partial charge in [0, 0.05) is 24.0 Å². The molecular weight excluding hydrogens is 428 g/mol. The molecular formula is C24H30N2O3S2. The molecule has 1 saturated heterocycles. The lowest BCUT2D eigenvalue weighted by Crippen LogP contribution is -2.36. The lowest BCUT2D eigenvalue weighted by molar-refractivity contribution is 0.0720. The molecule has 0 bridgehead atoms. The number of sulfonamides is 1. The molecule has 1 aliphatic heterocycles. The molecule has 166 valence electrons. The average Bonchev–Trinajstić information content (AvgIpc) is 3.26. The summed E-state index contributed by atoms with van der Waals surface area (Å²) in [5.74, 6) is -0.0761. The Hall–Kier alpha value is -1.83. The largest absolute Gasteiger partial charge is 0.339 e. The molecule has 0 spiro atoms. The highest BCUT2D eigenvalue weighted by atomic mass is 32.2. The fourth-order valence-corrected chi connectivity index (χ4v) is 6.35. The van der Waals surface area contributed by atoms with Gasteiger partial charge in [0.1, 0.15) is 0 Å². The van der Waals surface area contributed by atoms with Crippen LogP contribution < -0.4 is 4.72 Å². The predicted molar refractivity (Wildman–Crippen MR) is 125 cm³/mol. The highest BCUT2D eigenvalue weighted by molar-refractivity contribution is 7.98. The molecule has 5 nitrogen and oxygen atoms in total. The van der Waals surface area contributed by atoms with Gasteiger partial charge in [0.05, 0.1) is 10.5 Å². The summed E-state index contributed by atoms with van der Waals surface area (Å²) in [6, 6.07) is 10.8. The van der Waals surface area contributed by atoms with Crippen LogP contribution >= 0.6 is 11.8 Å². The zero-order valence-corrected chi connectivity index (χ0v) is 19.8. The molecule has 1 amide bonds. The normalized spacial score (nSPS) is 17.4. The number of benzene rings is 2. The Morgan fingerprint density at radius 2 is 1.74 bits per heavy atom. The van der Waals surface area contributed by atoms with Crippen molar-refractivity contribution in [1.82, 2.24) is 9.62 Å². The highest BCUT2D eigenvalue weighted by Gasteiger charge is 2.25. The molecule has 1 atom stereocenters. The van der Waals surface area contributed by atoms with Crippen LogP contribution in [0.1, 0.15) is 65.7 Å². The summed E-state index contributed by atoms with van der Waals surface area (Å²) in [6.45, 7) is 3.33. The molecule has 2 aliphatic rings. The summed E-state index contributed by atoms with van der Waals surface area (Å²) in [7, 11) is -3.76. The van der Waals surface area contributed by atoms with Crippen molar-refractivity contribution in [3.63, 3.8) is 0 Å². The second-order valence-corrected chi connectivity index (χ2v) is 11.0. The second-order valence-electron chi connectivity index (χ2n) is 8.44. The molecule has 2 aromatic carbocycles. The van der Waals surface area contributed by atoms with Crippen molar-refractivity contribution in [2.45, 2.75) is 61.3 Å². The van der Waals surface area contributed by atoms with Gasteiger partial charge in [0.15, 0.2) is 0 Å². The van der Waals surface area contributed by atoms with Crippen LogP contribution in [-0.4, -0.2) is 38.6 Å². The predicted octanol–water partition coefficient (Wildman–Crippen LogP) is 4.56. The molecule has 0 unspecified atom stereocenters. The van der Waals surface area contributed by atoms with E-state index in [0.29, 0.717) is 5.56 Å². The molecule has 0 aromatic heterocycles. The number of hydrogen-bond acceptors (Lipinski definition) is 4. The number of thioether (sulfide) groups is 1. The maximum absolute atomic E-state index is 13.2. The molecule has 2 aromatic rings. The molecule has 7 heteroatoms. The van der Waals surface area contributed by atoms with Gasteiger partial charge in [-0.25, -0.2) is 13.1 Å². The Morgan fingerprint density at radius 3 is 2.48 bits per heavy atom. The Labute approximate surface area is 189 Å². The molecule has 4 rings (SSSR count). The van der Waals surface area contributed by atoms with E-state index in [4.69, 9.17) is 0 Å². The van der Waals surface area contributed by atoms with E-state index in [0.717, 1.165) is 62.1 Å². The zero-order valence-electron chi connectivity index (χ0n) is 18.2. The van der Waals surface area contributed by atoms with Gasteiger partial charge in [0.2, 0.25) is 10.0 Å². The minimum atomic E-state index is -3.76. The number of amides is 1. The Morgan fingerprint density at radius 1 is 1.00 bits per heavy atom. The third-order valence-corrected chi connectivity index (χ3v) is 8.64. The molecule has 1 heterocycles. The van der Waals surface area contributed by atoms with Crippen LogP contribution in [-0.2, 0) is 22.9 Å². The van der Waals surface area contributed by atoms with Crippen molar-refractivity contribution < 1.29 is 13.2 Å². The van der Waals surface area contributed by atoms with Crippen LogP contribution in [0.15, 0.2) is 46.2 Å². The number of rotatable bonds is 6. The molecule has 31 heavy (non-hydrogen) atoms. The number of piperidine rings is 1. The van der Waals surface area contributed by atoms with Crippen LogP contribution in [0.25, 0.3) is 0 Å². The summed E-state index contributed by atoms with van der Waals surface area (Å²) < 4.78 is 29.1. The van der Waals surface area contributed by atoms with Crippen molar-refractivity contribution in [1.29, 1.82) is 0 Å². The SMILES string of the molecule is CSc1ccc(S(=O)(=O)N[C@@H](C)c2ccc3c(c2)CCC3)cc1C(=O)N1CCCCC1. The topological polar surface area (TPSA) is 66.5 Å². The summed E-state index contributed by atoms with van der Waals surface area (Å²) in [4.78, 5) is 15.9. The van der Waals surface area contributed by atoms with Crippen LogP contribution in [0, 0.1) is 0 Å². The monoisotopic (exact) mass is 458 g/mol. The van der Waals surface area contributed by atoms with Crippen LogP contribution in [0.4, 0.5) is 0 Å². The van der Waals surface area contributed by atoms with E-state index in [1.54, 1.807) is 18.2 Å². The van der Waals surface area contributed by atoms with Gasteiger partial charge in [-0.05, 0) is 86.6 Å². The molecule has 0 radical (unpaired) electrons. The maximum atomic E-state index is 13.2. The number of hydrogen-bond donors (Lipinski definition) is 1. The number of nitrogens with zero attached hydrogens (tertiary/aromatic N) is 1. The van der Waals surface area contributed by atoms with Crippen molar-refractivity contribution >= 4 is 27.7 Å². The van der Waals surface area contributed by atoms with Crippen molar-refractivity contribution in [2.75, 3.05) is 19.3 Å². The minimum Gasteiger partial charge on any atom is -0.339 e. The third kappa shape index (κ3) is 4.83. The second kappa shape index (κ2) is 9.35. The van der Waals surface area contributed by atoms with Gasteiger partial charge in [-0.3, -0.25) is 4.79 Å². The summed E-state index contributed by atoms with van der Waals surface area (Å²) >= 11 is 1.47. The minimum absolute atomic E-state index is 0.0761. The Balaban J connectivity index is 1.58. The number of likely N-dealkylation sites (tertiary alicyclic amines) is 1. The lowest BCUT2D eigenvalue weighted by Gasteiger charge is -2.27. The average molecular weight is 459 g/mol. The third-order valence-electron chi connectivity index (χ3n) is 6.31. The lowest BCUT2D eigenvalue weighted by atomic mass is 10.0. The van der Waals surface area contributed by atoms with Crippen molar-refractivity contribution in [2.24, 2.45) is 0 Å². The number of carbonyl (C=O) groups is 1. The number of carbonyl (C=O) groups excluding carboxylic acids is 1. The van der Waals surface area contributed by atoms with Gasteiger partial charge in [-0.1, -0.05) is 18.2 Å². The quantitative estimate of drug-likeness (QED) is 0.645. The summed E-state index contributed by atoms with van der Waals surface area (Å²) in [5.41, 5.74) is 4.13. The van der Waals surface area contributed by atoms with E-state index in [2.05, 4.69) is 16.9 Å². The molecule has 1 fully saturated rings. The van der Waals surface area contributed by atoms with Crippen LogP contribution in [0.5, 0.6) is 0 Å². The number of aryl methyl sites for hydroxylation is 2. The smallest absolute Gasteiger partial charge is 0.255 e. The first-order valence-corrected chi connectivity index (χ1v) is 13.7. The van der Waals surface area contributed by atoms with E-state index < -0.39 is 10.0 Å². The summed E-state index contributed by atoms with van der Waals surface area (Å²) in [6.07, 6.45) is 8.36. The first-order valence-electron chi connectivity index (χ1n) is 11.0. The Bertz CT molecular complexity index is 1080. The first-order chi connectivity index (χ1) is 14.9. The van der Waals surface area contributed by atoms with E-state index in [-0.39, 0.29) is 16.8 Å². The van der Waals surface area contributed by atoms with Gasteiger partial charge in [0.25, 0.3) is 5.91 Å². The first kappa shape index (κ1) is 22.4. The molecule has 0 saturated carbocycles. The highest BCUT2D eigenvalue weighted by Crippen LogP contribution is 2.28. The molecule has 1 aliphatic carbocycles. The van der Waals surface area contributed by atoms with Crippen LogP contribution in [0.2, 0.25) is 0 Å². The van der Waals surface area contributed by atoms with E-state index >= 15 is 0 Å². The van der Waals surface area contributed by atoms with Gasteiger partial charge < -0.3 is 4.90 Å². The van der Waals surface area contributed by atoms with E-state index in [1.807, 2.05) is 24.1 Å². The standard InChI is InChI=1S/C24H30N2O3S2/c1-17(19-10-9-18-7-6-8-20(18)15-19)25-31(28,29)21-11-12-23(30-2)22(16-21)24(27)26-13-4-3-5-14-26/h9-12,15-17,25H,3-8,13-14H2,1-2H3/t17-/m0/s1. The zero-order chi connectivity index (χ0) is 22.0.